The lowest BCUT2D eigenvalue weighted by atomic mass is 10.1. The van der Waals surface area contributed by atoms with E-state index >= 15 is 0 Å². The molecule has 0 radical (unpaired) electrons. The topological polar surface area (TPSA) is 83.9 Å². The molecule has 10 heteroatoms. The monoisotopic (exact) mass is 533 g/mol. The number of piperidine rings is 1. The maximum absolute atomic E-state index is 11.2. The van der Waals surface area contributed by atoms with Crippen molar-refractivity contribution in [3.63, 3.8) is 0 Å². The Morgan fingerprint density at radius 1 is 1.09 bits per heavy atom. The molecule has 1 aromatic carbocycles. The smallest absolute Gasteiger partial charge is 0.333 e. The summed E-state index contributed by atoms with van der Waals surface area (Å²) < 4.78 is 11.1. The predicted molar refractivity (Wildman–Crippen MR) is 139 cm³/mol. The molecule has 2 aliphatic rings. The maximum atomic E-state index is 11.2. The van der Waals surface area contributed by atoms with Crippen LogP contribution < -0.4 is 10.1 Å². The molecule has 0 spiro atoms. The van der Waals surface area contributed by atoms with Crippen molar-refractivity contribution in [2.24, 2.45) is 11.8 Å². The number of pyridine rings is 1. The molecule has 0 amide bonds. The Bertz CT molecular complexity index is 848. The number of hydrogen-bond acceptors (Lipinski definition) is 6. The van der Waals surface area contributed by atoms with Gasteiger partial charge in [0, 0.05) is 57.6 Å². The summed E-state index contributed by atoms with van der Waals surface area (Å²) in [5.74, 6) is 1.38. The fourth-order valence-electron chi connectivity index (χ4n) is 4.54. The van der Waals surface area contributed by atoms with Crippen LogP contribution in [0, 0.1) is 11.8 Å². The zero-order chi connectivity index (χ0) is 21.6. The third kappa shape index (κ3) is 8.26. The van der Waals surface area contributed by atoms with Crippen molar-refractivity contribution < 1.29 is 19.4 Å². The van der Waals surface area contributed by atoms with Crippen LogP contribution in [0.3, 0.4) is 0 Å². The van der Waals surface area contributed by atoms with Gasteiger partial charge in [0.2, 0.25) is 0 Å². The van der Waals surface area contributed by atoms with Gasteiger partial charge in [0.15, 0.2) is 6.10 Å². The van der Waals surface area contributed by atoms with Crippen molar-refractivity contribution in [3.8, 4) is 5.75 Å². The number of carboxylic acid groups (broad SMARTS) is 1. The third-order valence-electron chi connectivity index (χ3n) is 6.16. The lowest BCUT2D eigenvalue weighted by Gasteiger charge is -2.19. The molecule has 34 heavy (non-hydrogen) atoms. The molecule has 2 aromatic rings. The highest BCUT2D eigenvalue weighted by molar-refractivity contribution is 5.86. The second-order valence-electron chi connectivity index (χ2n) is 8.34. The standard InChI is InChI=1S/C24H31N3O4.3ClH/c1-2-30-22(24(28)29)13-17-3-5-19(6-4-17)31-12-11-26-23-20-15-27(16-21(20)23)14-18-7-9-25-10-8-18;;;/h3-10,20-23,26H,2,11-16H2,1H3,(H,28,29);3*1H/t20-,21?,22-,23+;;;/m0.../s1. The van der Waals surface area contributed by atoms with Gasteiger partial charge in [0.05, 0.1) is 0 Å². The molecule has 1 saturated heterocycles. The van der Waals surface area contributed by atoms with Crippen LogP contribution in [0.2, 0.25) is 0 Å². The average Bonchev–Trinajstić information content (AvgIpc) is 3.22. The fourth-order valence-corrected chi connectivity index (χ4v) is 4.54. The number of aromatic nitrogens is 1. The van der Waals surface area contributed by atoms with E-state index in [9.17, 15) is 9.90 Å². The van der Waals surface area contributed by atoms with Crippen molar-refractivity contribution in [2.75, 3.05) is 32.8 Å². The SMILES string of the molecule is CCO[C@@H](Cc1ccc(OCCN[C@H]2C3CN(Cc4ccncc4)C[C@@H]32)cc1)C(=O)O.Cl.Cl.Cl. The molecule has 1 aromatic heterocycles. The number of likely N-dealkylation sites (tertiary alicyclic amines) is 1. The quantitative estimate of drug-likeness (QED) is 0.403. The number of benzene rings is 1. The van der Waals surface area contributed by atoms with Gasteiger partial charge in [0.1, 0.15) is 12.4 Å². The van der Waals surface area contributed by atoms with E-state index < -0.39 is 12.1 Å². The molecule has 2 heterocycles. The summed E-state index contributed by atoms with van der Waals surface area (Å²) in [6, 6.07) is 12.4. The Kier molecular flexibility index (Phi) is 13.2. The van der Waals surface area contributed by atoms with Crippen LogP contribution in [-0.4, -0.2) is 66.0 Å². The lowest BCUT2D eigenvalue weighted by Crippen LogP contribution is -2.33. The molecule has 190 valence electrons. The lowest BCUT2D eigenvalue weighted by molar-refractivity contribution is -0.149. The predicted octanol–water partition coefficient (Wildman–Crippen LogP) is 3.48. The minimum Gasteiger partial charge on any atom is -0.492 e. The number of aliphatic carboxylic acids is 1. The second-order valence-corrected chi connectivity index (χ2v) is 8.34. The first-order valence-electron chi connectivity index (χ1n) is 11.0. The van der Waals surface area contributed by atoms with Crippen LogP contribution in [-0.2, 0) is 22.5 Å². The van der Waals surface area contributed by atoms with Crippen LogP contribution in [0.4, 0.5) is 0 Å². The first-order chi connectivity index (χ1) is 15.1. The molecule has 1 aliphatic carbocycles. The van der Waals surface area contributed by atoms with Gasteiger partial charge in [-0.05, 0) is 54.2 Å². The summed E-state index contributed by atoms with van der Waals surface area (Å²) in [7, 11) is 0. The Morgan fingerprint density at radius 2 is 1.74 bits per heavy atom. The summed E-state index contributed by atoms with van der Waals surface area (Å²) in [4.78, 5) is 17.8. The first-order valence-corrected chi connectivity index (χ1v) is 11.0. The van der Waals surface area contributed by atoms with E-state index in [1.807, 2.05) is 36.7 Å². The highest BCUT2D eigenvalue weighted by atomic mass is 35.5. The number of nitrogens with one attached hydrogen (secondary N) is 1. The Hall–Kier alpha value is -1.61. The molecular formula is C24H34Cl3N3O4. The molecule has 1 saturated carbocycles. The van der Waals surface area contributed by atoms with Crippen molar-refractivity contribution in [1.82, 2.24) is 15.2 Å². The van der Waals surface area contributed by atoms with Crippen molar-refractivity contribution in [2.45, 2.75) is 32.0 Å². The van der Waals surface area contributed by atoms with Gasteiger partial charge in [-0.3, -0.25) is 9.88 Å². The number of fused-ring (bicyclic) bond motifs is 1. The largest absolute Gasteiger partial charge is 0.492 e. The zero-order valence-corrected chi connectivity index (χ0v) is 21.6. The van der Waals surface area contributed by atoms with Gasteiger partial charge < -0.3 is 19.9 Å². The number of nitrogens with zero attached hydrogens (tertiary/aromatic N) is 2. The number of hydrogen-bond donors (Lipinski definition) is 2. The number of rotatable bonds is 12. The Balaban J connectivity index is 0.00000193. The first kappa shape index (κ1) is 30.4. The van der Waals surface area contributed by atoms with Crippen molar-refractivity contribution >= 4 is 43.2 Å². The summed E-state index contributed by atoms with van der Waals surface area (Å²) in [6.07, 6.45) is 3.27. The van der Waals surface area contributed by atoms with E-state index in [-0.39, 0.29) is 37.2 Å². The van der Waals surface area contributed by atoms with Crippen LogP contribution >= 0.6 is 37.2 Å². The van der Waals surface area contributed by atoms with E-state index in [2.05, 4.69) is 27.3 Å². The molecule has 1 unspecified atom stereocenters. The van der Waals surface area contributed by atoms with E-state index in [4.69, 9.17) is 9.47 Å². The van der Waals surface area contributed by atoms with Crippen molar-refractivity contribution in [3.05, 3.63) is 59.9 Å². The van der Waals surface area contributed by atoms with Gasteiger partial charge in [-0.2, -0.15) is 0 Å². The fraction of sp³-hybridized carbons (Fsp3) is 0.500. The number of carboxylic acids is 1. The normalized spacial score (nSPS) is 21.3. The summed E-state index contributed by atoms with van der Waals surface area (Å²) in [5, 5.41) is 12.8. The highest BCUT2D eigenvalue weighted by Crippen LogP contribution is 2.45. The molecule has 4 atom stereocenters. The van der Waals surface area contributed by atoms with Crippen LogP contribution in [0.25, 0.3) is 0 Å². The Labute approximate surface area is 219 Å². The van der Waals surface area contributed by atoms with E-state index in [0.717, 1.165) is 49.3 Å². The molecule has 2 N–H and O–H groups in total. The minimum atomic E-state index is -0.932. The minimum absolute atomic E-state index is 0. The Morgan fingerprint density at radius 3 is 2.32 bits per heavy atom. The molecule has 4 rings (SSSR count). The van der Waals surface area contributed by atoms with Gasteiger partial charge >= 0.3 is 5.97 Å². The van der Waals surface area contributed by atoms with E-state index in [1.54, 1.807) is 6.92 Å². The summed E-state index contributed by atoms with van der Waals surface area (Å²) in [6.45, 7) is 6.96. The molecule has 1 aliphatic heterocycles. The van der Waals surface area contributed by atoms with Gasteiger partial charge in [0.25, 0.3) is 0 Å². The highest BCUT2D eigenvalue weighted by Gasteiger charge is 2.55. The average molecular weight is 535 g/mol. The molecule has 2 fully saturated rings. The van der Waals surface area contributed by atoms with E-state index in [1.165, 1.54) is 5.56 Å². The third-order valence-corrected chi connectivity index (χ3v) is 6.16. The summed E-state index contributed by atoms with van der Waals surface area (Å²) in [5.41, 5.74) is 2.25. The van der Waals surface area contributed by atoms with Gasteiger partial charge in [-0.15, -0.1) is 37.2 Å². The number of halogens is 3. The number of carbonyl (C=O) groups is 1. The zero-order valence-electron chi connectivity index (χ0n) is 19.2. The summed E-state index contributed by atoms with van der Waals surface area (Å²) >= 11 is 0. The van der Waals surface area contributed by atoms with Gasteiger partial charge in [-0.1, -0.05) is 12.1 Å². The van der Waals surface area contributed by atoms with Crippen LogP contribution in [0.1, 0.15) is 18.1 Å². The number of ether oxygens (including phenoxy) is 2. The van der Waals surface area contributed by atoms with Crippen LogP contribution in [0.15, 0.2) is 48.8 Å². The maximum Gasteiger partial charge on any atom is 0.333 e. The molecule has 0 bridgehead atoms. The van der Waals surface area contributed by atoms with Crippen molar-refractivity contribution in [1.29, 1.82) is 0 Å². The van der Waals surface area contributed by atoms with Crippen LogP contribution in [0.5, 0.6) is 5.75 Å². The molecule has 7 nitrogen and oxygen atoms in total. The molecular weight excluding hydrogens is 501 g/mol. The van der Waals surface area contributed by atoms with Gasteiger partial charge in [-0.25, -0.2) is 4.79 Å². The second kappa shape index (κ2) is 14.7. The van der Waals surface area contributed by atoms with E-state index in [0.29, 0.717) is 25.7 Å².